The Morgan fingerprint density at radius 2 is 2.00 bits per heavy atom. The van der Waals surface area contributed by atoms with E-state index in [9.17, 15) is 15.0 Å². The summed E-state index contributed by atoms with van der Waals surface area (Å²) in [5.41, 5.74) is 0.968. The molecule has 0 aromatic heterocycles. The number of ketones is 1. The second-order valence-electron chi connectivity index (χ2n) is 9.96. The third kappa shape index (κ3) is 2.15. The molecule has 3 heteroatoms. The van der Waals surface area contributed by atoms with Crippen molar-refractivity contribution in [1.82, 2.24) is 0 Å². The highest BCUT2D eigenvalue weighted by atomic mass is 16.3. The molecule has 5 aliphatic carbocycles. The van der Waals surface area contributed by atoms with E-state index in [1.165, 1.54) is 18.4 Å². The minimum atomic E-state index is -0.575. The van der Waals surface area contributed by atoms with E-state index in [0.717, 1.165) is 62.7 Å². The number of fused-ring (bicyclic) bond motifs is 8. The fraction of sp³-hybridized carbons (Fsp3) is 0.864. The SMILES string of the molecule is C[C@]12CC[C@H]3[C@@H]([C@H]4C[C@H]4C4=CC(=O)CC[C@@H]43)[C@@H]1CC[C@@]2(O)CCCO. The molecular formula is C22H32O3. The Morgan fingerprint density at radius 3 is 2.80 bits per heavy atom. The standard InChI is InChI=1S/C22H32O3/c1-21-8-5-15-14-4-3-13(24)11-16(14)17-12-18(17)20(15)19(21)6-9-22(21,25)7-2-10-23/h11,14-15,17-20,23,25H,2-10,12H2,1H3/t14-,15-,17+,18+,19+,20+,21+,22+/m1/s1. The molecule has 2 N–H and O–H groups in total. The highest BCUT2D eigenvalue weighted by Crippen LogP contribution is 2.72. The van der Waals surface area contributed by atoms with Gasteiger partial charge in [-0.25, -0.2) is 0 Å². The molecule has 0 spiro atoms. The van der Waals surface area contributed by atoms with Crippen LogP contribution in [0.5, 0.6) is 0 Å². The van der Waals surface area contributed by atoms with E-state index in [2.05, 4.69) is 6.92 Å². The van der Waals surface area contributed by atoms with Gasteiger partial charge in [0.1, 0.15) is 0 Å². The normalized spacial score (nSPS) is 53.4. The van der Waals surface area contributed by atoms with Gasteiger partial charge in [0.05, 0.1) is 5.60 Å². The summed E-state index contributed by atoms with van der Waals surface area (Å²) in [5.74, 6) is 4.64. The molecule has 4 saturated carbocycles. The highest BCUT2D eigenvalue weighted by Gasteiger charge is 2.67. The van der Waals surface area contributed by atoms with Gasteiger partial charge >= 0.3 is 0 Å². The van der Waals surface area contributed by atoms with Gasteiger partial charge in [0.2, 0.25) is 0 Å². The second-order valence-corrected chi connectivity index (χ2v) is 9.96. The Balaban J connectivity index is 1.46. The number of carbonyl (C=O) groups is 1. The first-order valence-electron chi connectivity index (χ1n) is 10.6. The van der Waals surface area contributed by atoms with Crippen LogP contribution in [0.1, 0.15) is 64.7 Å². The van der Waals surface area contributed by atoms with Crippen LogP contribution in [0, 0.1) is 40.9 Å². The van der Waals surface area contributed by atoms with Crippen molar-refractivity contribution in [2.75, 3.05) is 6.61 Å². The lowest BCUT2D eigenvalue weighted by Crippen LogP contribution is -2.53. The summed E-state index contributed by atoms with van der Waals surface area (Å²) in [7, 11) is 0. The molecule has 5 aliphatic rings. The van der Waals surface area contributed by atoms with E-state index in [1.54, 1.807) is 0 Å². The Hall–Kier alpha value is -0.670. The van der Waals surface area contributed by atoms with E-state index in [0.29, 0.717) is 23.5 Å². The van der Waals surface area contributed by atoms with Crippen LogP contribution in [0.4, 0.5) is 0 Å². The molecule has 0 unspecified atom stereocenters. The van der Waals surface area contributed by atoms with Crippen molar-refractivity contribution in [2.24, 2.45) is 40.9 Å². The van der Waals surface area contributed by atoms with Gasteiger partial charge in [-0.15, -0.1) is 0 Å². The zero-order chi connectivity index (χ0) is 17.4. The van der Waals surface area contributed by atoms with Crippen molar-refractivity contribution in [2.45, 2.75) is 70.3 Å². The Kier molecular flexibility index (Phi) is 3.58. The molecule has 4 fully saturated rings. The van der Waals surface area contributed by atoms with Gasteiger partial charge in [-0.3, -0.25) is 4.79 Å². The van der Waals surface area contributed by atoms with Gasteiger partial charge in [-0.2, -0.15) is 0 Å². The third-order valence-electron chi connectivity index (χ3n) is 9.19. The number of allylic oxidation sites excluding steroid dienone is 1. The molecule has 0 aromatic carbocycles. The smallest absolute Gasteiger partial charge is 0.155 e. The number of rotatable bonds is 3. The maximum absolute atomic E-state index is 11.9. The Bertz CT molecular complexity index is 625. The molecule has 5 rings (SSSR count). The zero-order valence-electron chi connectivity index (χ0n) is 15.4. The minimum absolute atomic E-state index is 0.0299. The molecule has 3 nitrogen and oxygen atoms in total. The lowest BCUT2D eigenvalue weighted by molar-refractivity contribution is -0.127. The lowest BCUT2D eigenvalue weighted by Gasteiger charge is -2.55. The molecule has 8 atom stereocenters. The van der Waals surface area contributed by atoms with E-state index in [-0.39, 0.29) is 12.0 Å². The monoisotopic (exact) mass is 344 g/mol. The summed E-state index contributed by atoms with van der Waals surface area (Å²) in [5, 5.41) is 20.7. The summed E-state index contributed by atoms with van der Waals surface area (Å²) >= 11 is 0. The molecule has 0 amide bonds. The fourth-order valence-corrected chi connectivity index (χ4v) is 7.90. The van der Waals surface area contributed by atoms with E-state index in [1.807, 2.05) is 6.08 Å². The lowest BCUT2D eigenvalue weighted by atomic mass is 9.50. The van der Waals surface area contributed by atoms with Crippen LogP contribution in [0.15, 0.2) is 11.6 Å². The quantitative estimate of drug-likeness (QED) is 0.824. The highest BCUT2D eigenvalue weighted by molar-refractivity contribution is 5.91. The number of hydrogen-bond acceptors (Lipinski definition) is 3. The van der Waals surface area contributed by atoms with Crippen LogP contribution in [0.25, 0.3) is 0 Å². The summed E-state index contributed by atoms with van der Waals surface area (Å²) in [4.78, 5) is 11.9. The average molecular weight is 344 g/mol. The number of aliphatic hydroxyl groups is 2. The van der Waals surface area contributed by atoms with Crippen molar-refractivity contribution in [1.29, 1.82) is 0 Å². The Labute approximate surface area is 150 Å². The molecule has 0 bridgehead atoms. The summed E-state index contributed by atoms with van der Waals surface area (Å²) in [6.45, 7) is 2.54. The van der Waals surface area contributed by atoms with Gasteiger partial charge in [-0.1, -0.05) is 12.5 Å². The first-order chi connectivity index (χ1) is 12.0. The topological polar surface area (TPSA) is 57.5 Å². The van der Waals surface area contributed by atoms with Crippen LogP contribution in [0.3, 0.4) is 0 Å². The number of hydrogen-bond donors (Lipinski definition) is 2. The molecule has 0 aromatic rings. The van der Waals surface area contributed by atoms with Gasteiger partial charge in [0, 0.05) is 13.0 Å². The molecule has 0 radical (unpaired) electrons. The summed E-state index contributed by atoms with van der Waals surface area (Å²) in [6.07, 6.45) is 11.0. The van der Waals surface area contributed by atoms with Crippen molar-refractivity contribution in [3.63, 3.8) is 0 Å². The predicted molar refractivity (Wildman–Crippen MR) is 95.7 cm³/mol. The summed E-state index contributed by atoms with van der Waals surface area (Å²) in [6, 6.07) is 0. The zero-order valence-corrected chi connectivity index (χ0v) is 15.4. The second kappa shape index (κ2) is 5.42. The maximum Gasteiger partial charge on any atom is 0.155 e. The summed E-state index contributed by atoms with van der Waals surface area (Å²) < 4.78 is 0. The Morgan fingerprint density at radius 1 is 1.16 bits per heavy atom. The predicted octanol–water partition coefficient (Wildman–Crippen LogP) is 3.49. The van der Waals surface area contributed by atoms with Crippen molar-refractivity contribution in [3.05, 3.63) is 11.6 Å². The molecular weight excluding hydrogens is 312 g/mol. The number of aliphatic hydroxyl groups excluding tert-OH is 1. The first kappa shape index (κ1) is 16.5. The van der Waals surface area contributed by atoms with Crippen LogP contribution in [-0.4, -0.2) is 28.2 Å². The van der Waals surface area contributed by atoms with Crippen molar-refractivity contribution < 1.29 is 15.0 Å². The third-order valence-corrected chi connectivity index (χ3v) is 9.19. The van der Waals surface area contributed by atoms with Crippen molar-refractivity contribution in [3.8, 4) is 0 Å². The van der Waals surface area contributed by atoms with Gasteiger partial charge in [-0.05, 0) is 98.4 Å². The van der Waals surface area contributed by atoms with Crippen LogP contribution in [0.2, 0.25) is 0 Å². The maximum atomic E-state index is 11.9. The largest absolute Gasteiger partial charge is 0.396 e. The average Bonchev–Trinajstić information content (AvgIpc) is 3.35. The van der Waals surface area contributed by atoms with Gasteiger partial charge in [0.25, 0.3) is 0 Å². The molecule has 0 aliphatic heterocycles. The fourth-order valence-electron chi connectivity index (χ4n) is 7.90. The van der Waals surface area contributed by atoms with Gasteiger partial charge < -0.3 is 10.2 Å². The van der Waals surface area contributed by atoms with Crippen LogP contribution >= 0.6 is 0 Å². The van der Waals surface area contributed by atoms with Crippen LogP contribution in [-0.2, 0) is 4.79 Å². The van der Waals surface area contributed by atoms with Crippen LogP contribution < -0.4 is 0 Å². The van der Waals surface area contributed by atoms with Gasteiger partial charge in [0.15, 0.2) is 5.78 Å². The van der Waals surface area contributed by atoms with Crippen molar-refractivity contribution >= 4 is 5.78 Å². The number of carbonyl (C=O) groups excluding carboxylic acids is 1. The molecule has 25 heavy (non-hydrogen) atoms. The molecule has 0 saturated heterocycles. The van der Waals surface area contributed by atoms with E-state index >= 15 is 0 Å². The first-order valence-corrected chi connectivity index (χ1v) is 10.6. The molecule has 0 heterocycles. The van der Waals surface area contributed by atoms with E-state index in [4.69, 9.17) is 0 Å². The molecule has 138 valence electrons. The van der Waals surface area contributed by atoms with E-state index < -0.39 is 5.60 Å². The minimum Gasteiger partial charge on any atom is -0.396 e.